The van der Waals surface area contributed by atoms with Crippen LogP contribution in [0.1, 0.15) is 59.1 Å². The molecule has 49 heavy (non-hydrogen) atoms. The average molecular weight is 747 g/mol. The summed E-state index contributed by atoms with van der Waals surface area (Å²) in [5.74, 6) is 0.0331. The maximum Gasteiger partial charge on any atom is 0.272 e. The predicted molar refractivity (Wildman–Crippen MR) is 200 cm³/mol. The first-order valence-electron chi connectivity index (χ1n) is 15.4. The van der Waals surface area contributed by atoms with Gasteiger partial charge in [-0.2, -0.15) is 10.4 Å². The van der Waals surface area contributed by atoms with Crippen LogP contribution < -0.4 is 9.64 Å². The average Bonchev–Trinajstić information content (AvgIpc) is 3.58. The smallest absolute Gasteiger partial charge is 0.272 e. The number of ether oxygens (including phenoxy) is 1. The molecule has 2 aromatic heterocycles. The summed E-state index contributed by atoms with van der Waals surface area (Å²) in [6.07, 6.45) is 5.85. The van der Waals surface area contributed by atoms with Crippen LogP contribution in [-0.4, -0.2) is 21.8 Å². The minimum absolute atomic E-state index is 0.289. The molecule has 5 aromatic rings. The van der Waals surface area contributed by atoms with Gasteiger partial charge in [-0.3, -0.25) is 9.69 Å². The van der Waals surface area contributed by atoms with E-state index in [1.807, 2.05) is 73.7 Å². The van der Waals surface area contributed by atoms with Gasteiger partial charge in [-0.05, 0) is 73.0 Å². The summed E-state index contributed by atoms with van der Waals surface area (Å²) in [7, 11) is 0. The number of benzene rings is 3. The van der Waals surface area contributed by atoms with Crippen LogP contribution in [-0.2, 0) is 10.2 Å². The third-order valence-electron chi connectivity index (χ3n) is 8.78. The van der Waals surface area contributed by atoms with Crippen LogP contribution >= 0.6 is 57.7 Å². The zero-order valence-electron chi connectivity index (χ0n) is 26.5. The maximum atomic E-state index is 14.0. The fraction of sp³-hybridized carbons (Fsp3) is 0.184. The highest BCUT2D eigenvalue weighted by Crippen LogP contribution is 2.53. The molecule has 1 aliphatic carbocycles. The molecule has 1 fully saturated rings. The SMILES string of the molecule is Cc1nn(-c2ccccc2)c(Cl)c1/C=C/C1=Cc2c(sc(N3C(=O)[C@@H](Oc4ccc(Cl)cc4Cl)[C@H]3c3ccccc3Cl)c2C#N)C(C)(C)C1. The number of fused-ring (bicyclic) bond motifs is 1. The number of nitriles is 1. The molecule has 0 saturated carbocycles. The Morgan fingerprint density at radius 3 is 2.45 bits per heavy atom. The standard InChI is InChI=1S/C38H28Cl4N4O2S/c1-21-25(35(42)46(44-21)24-9-5-4-6-10-24)15-13-22-17-27-28(20-43)37(49-34(27)38(2,3)19-22)45-32(26-11-7-8-12-29(26)40)33(36(45)47)48-31-16-14-23(39)18-30(31)41/h4-18,32-33H,19H2,1-3H3/b15-13+/t32-,33+/m1/s1. The number of aromatic nitrogens is 2. The van der Waals surface area contributed by atoms with Crippen molar-refractivity contribution >= 4 is 80.8 Å². The van der Waals surface area contributed by atoms with Gasteiger partial charge in [0, 0.05) is 31.5 Å². The van der Waals surface area contributed by atoms with Crippen molar-refractivity contribution < 1.29 is 9.53 Å². The van der Waals surface area contributed by atoms with Crippen molar-refractivity contribution in [3.05, 3.63) is 137 Å². The molecule has 1 aliphatic heterocycles. The zero-order valence-corrected chi connectivity index (χ0v) is 30.4. The van der Waals surface area contributed by atoms with E-state index in [2.05, 4.69) is 25.0 Å². The fourth-order valence-electron chi connectivity index (χ4n) is 6.44. The number of amides is 1. The van der Waals surface area contributed by atoms with Gasteiger partial charge < -0.3 is 4.74 Å². The highest BCUT2D eigenvalue weighted by atomic mass is 35.5. The molecule has 7 rings (SSSR count). The summed E-state index contributed by atoms with van der Waals surface area (Å²) in [4.78, 5) is 16.7. The molecule has 0 bridgehead atoms. The first kappa shape index (κ1) is 33.5. The van der Waals surface area contributed by atoms with E-state index in [0.717, 1.165) is 33.0 Å². The maximum absolute atomic E-state index is 14.0. The van der Waals surface area contributed by atoms with Crippen LogP contribution in [0.25, 0.3) is 17.8 Å². The molecular formula is C38H28Cl4N4O2S. The molecule has 1 saturated heterocycles. The lowest BCUT2D eigenvalue weighted by molar-refractivity contribution is -0.134. The van der Waals surface area contributed by atoms with Gasteiger partial charge in [-0.15, -0.1) is 11.3 Å². The number of carbonyl (C=O) groups excluding carboxylic acids is 1. The van der Waals surface area contributed by atoms with Crippen LogP contribution in [0.3, 0.4) is 0 Å². The molecule has 0 radical (unpaired) electrons. The normalized spacial score (nSPS) is 18.2. The van der Waals surface area contributed by atoms with Crippen LogP contribution in [0.5, 0.6) is 5.75 Å². The Morgan fingerprint density at radius 1 is 1.00 bits per heavy atom. The van der Waals surface area contributed by atoms with Crippen molar-refractivity contribution in [2.45, 2.75) is 44.8 Å². The van der Waals surface area contributed by atoms with E-state index in [-0.39, 0.29) is 16.3 Å². The number of hydrogen-bond donors (Lipinski definition) is 0. The molecule has 246 valence electrons. The summed E-state index contributed by atoms with van der Waals surface area (Å²) in [6.45, 7) is 6.23. The van der Waals surface area contributed by atoms with E-state index in [4.69, 9.17) is 51.1 Å². The molecule has 3 heterocycles. The Bertz CT molecular complexity index is 2230. The lowest BCUT2D eigenvalue weighted by atomic mass is 9.77. The van der Waals surface area contributed by atoms with Gasteiger partial charge in [-0.1, -0.05) is 103 Å². The van der Waals surface area contributed by atoms with Gasteiger partial charge in [-0.25, -0.2) is 4.68 Å². The largest absolute Gasteiger partial charge is 0.476 e. The fourth-order valence-corrected chi connectivity index (χ4v) is 8.85. The predicted octanol–water partition coefficient (Wildman–Crippen LogP) is 11.0. The molecular weight excluding hydrogens is 718 g/mol. The van der Waals surface area contributed by atoms with E-state index < -0.39 is 12.1 Å². The monoisotopic (exact) mass is 744 g/mol. The molecule has 11 heteroatoms. The van der Waals surface area contributed by atoms with Crippen LogP contribution in [0.2, 0.25) is 20.2 Å². The topological polar surface area (TPSA) is 71.2 Å². The highest BCUT2D eigenvalue weighted by molar-refractivity contribution is 7.17. The number of thiophene rings is 1. The lowest BCUT2D eigenvalue weighted by Crippen LogP contribution is -2.61. The summed E-state index contributed by atoms with van der Waals surface area (Å²) >= 11 is 27.5. The summed E-state index contributed by atoms with van der Waals surface area (Å²) < 4.78 is 7.95. The second-order valence-electron chi connectivity index (χ2n) is 12.6. The third kappa shape index (κ3) is 5.96. The minimum atomic E-state index is -0.920. The van der Waals surface area contributed by atoms with E-state index in [1.165, 1.54) is 11.3 Å². The van der Waals surface area contributed by atoms with Gasteiger partial charge in [0.15, 0.2) is 0 Å². The number of allylic oxidation sites excluding steroid dienone is 2. The Hall–Kier alpha value is -4.03. The van der Waals surface area contributed by atoms with Crippen molar-refractivity contribution in [3.63, 3.8) is 0 Å². The van der Waals surface area contributed by atoms with Gasteiger partial charge in [0.1, 0.15) is 28.0 Å². The van der Waals surface area contributed by atoms with Crippen LogP contribution in [0, 0.1) is 18.3 Å². The summed E-state index contributed by atoms with van der Waals surface area (Å²) in [5, 5.41) is 17.6. The third-order valence-corrected chi connectivity index (χ3v) is 11.6. The Labute approximate surface area is 308 Å². The number of carbonyl (C=O) groups is 1. The molecule has 0 unspecified atom stereocenters. The number of hydrogen-bond acceptors (Lipinski definition) is 5. The lowest BCUT2D eigenvalue weighted by Gasteiger charge is -2.46. The summed E-state index contributed by atoms with van der Waals surface area (Å²) in [6, 6.07) is 23.8. The van der Waals surface area contributed by atoms with Gasteiger partial charge in [0.2, 0.25) is 6.10 Å². The van der Waals surface area contributed by atoms with Crippen molar-refractivity contribution in [2.24, 2.45) is 0 Å². The van der Waals surface area contributed by atoms with Crippen molar-refractivity contribution in [1.29, 1.82) is 5.26 Å². The number of nitrogens with zero attached hydrogens (tertiary/aromatic N) is 4. The number of halogens is 4. The Morgan fingerprint density at radius 2 is 1.73 bits per heavy atom. The van der Waals surface area contributed by atoms with Gasteiger partial charge in [0.05, 0.1) is 22.0 Å². The van der Waals surface area contributed by atoms with Crippen LogP contribution in [0.15, 0.2) is 84.4 Å². The first-order chi connectivity index (χ1) is 23.5. The molecule has 2 atom stereocenters. The molecule has 1 amide bonds. The van der Waals surface area contributed by atoms with E-state index >= 15 is 0 Å². The number of rotatable bonds is 7. The highest BCUT2D eigenvalue weighted by Gasteiger charge is 2.54. The second-order valence-corrected chi connectivity index (χ2v) is 15.2. The zero-order chi connectivity index (χ0) is 34.6. The quantitative estimate of drug-likeness (QED) is 0.156. The van der Waals surface area contributed by atoms with Gasteiger partial charge in [0.25, 0.3) is 5.91 Å². The number of anilines is 1. The first-order valence-corrected chi connectivity index (χ1v) is 17.8. The minimum Gasteiger partial charge on any atom is -0.476 e. The van der Waals surface area contributed by atoms with Crippen molar-refractivity contribution in [3.8, 4) is 17.5 Å². The van der Waals surface area contributed by atoms with E-state index in [1.54, 1.807) is 33.8 Å². The van der Waals surface area contributed by atoms with Crippen LogP contribution in [0.4, 0.5) is 5.00 Å². The molecule has 0 spiro atoms. The summed E-state index contributed by atoms with van der Waals surface area (Å²) in [5.41, 5.74) is 5.13. The molecule has 6 nitrogen and oxygen atoms in total. The van der Waals surface area contributed by atoms with E-state index in [9.17, 15) is 10.1 Å². The van der Waals surface area contributed by atoms with E-state index in [0.29, 0.717) is 43.5 Å². The Kier molecular flexibility index (Phi) is 8.89. The number of para-hydroxylation sites is 1. The molecule has 2 aliphatic rings. The van der Waals surface area contributed by atoms with Crippen molar-refractivity contribution in [2.75, 3.05) is 4.90 Å². The second kappa shape index (κ2) is 13.0. The van der Waals surface area contributed by atoms with Gasteiger partial charge >= 0.3 is 0 Å². The van der Waals surface area contributed by atoms with Crippen molar-refractivity contribution in [1.82, 2.24) is 9.78 Å². The molecule has 0 N–H and O–H groups in total. The Balaban J connectivity index is 1.27. The molecule has 3 aromatic carbocycles. The number of aryl methyl sites for hydroxylation is 1. The number of β-lactam (4-membered cyclic amide) rings is 1.